The van der Waals surface area contributed by atoms with Gasteiger partial charge < -0.3 is 4.55 Å². The summed E-state index contributed by atoms with van der Waals surface area (Å²) in [4.78, 5) is 0. The minimum atomic E-state index is -0.590. The van der Waals surface area contributed by atoms with E-state index in [1.807, 2.05) is 6.92 Å². The normalized spacial score (nSPS) is 14.1. The van der Waals surface area contributed by atoms with E-state index in [1.54, 1.807) is 0 Å². The van der Waals surface area contributed by atoms with Gasteiger partial charge in [0.2, 0.25) is 0 Å². The van der Waals surface area contributed by atoms with E-state index < -0.39 is 11.2 Å². The van der Waals surface area contributed by atoms with Crippen molar-refractivity contribution in [2.75, 3.05) is 11.5 Å². The van der Waals surface area contributed by atoms with Crippen molar-refractivity contribution in [1.82, 2.24) is 0 Å². The molecule has 2 heteroatoms. The van der Waals surface area contributed by atoms with Gasteiger partial charge in [0.05, 0.1) is 0 Å². The van der Waals surface area contributed by atoms with Gasteiger partial charge in [-0.15, -0.1) is 0 Å². The van der Waals surface area contributed by atoms with Crippen molar-refractivity contribution in [2.45, 2.75) is 13.3 Å². The fraction of sp³-hybridized carbons (Fsp3) is 0.800. The highest BCUT2D eigenvalue weighted by Gasteiger charge is 1.95. The average molecular weight is 119 g/mol. The van der Waals surface area contributed by atoms with Gasteiger partial charge in [-0.3, -0.25) is 0 Å². The van der Waals surface area contributed by atoms with Gasteiger partial charge in [0, 0.05) is 0 Å². The van der Waals surface area contributed by atoms with Gasteiger partial charge >= 0.3 is 0 Å². The lowest BCUT2D eigenvalue weighted by molar-refractivity contribution is 0.596. The van der Waals surface area contributed by atoms with Crippen LogP contribution in [-0.4, -0.2) is 16.1 Å². The molecule has 0 fully saturated rings. The maximum atomic E-state index is 10.5. The molecule has 43 valence electrons. The summed E-state index contributed by atoms with van der Waals surface area (Å²) >= 11 is -0.590. The zero-order valence-electron chi connectivity index (χ0n) is 4.64. The Hall–Kier alpha value is 0.310. The van der Waals surface area contributed by atoms with Gasteiger partial charge in [-0.05, 0) is 20.3 Å². The molecule has 0 rings (SSSR count). The van der Waals surface area contributed by atoms with E-state index in [1.165, 1.54) is 0 Å². The molecule has 1 atom stereocenters. The Labute approximate surface area is 48.3 Å². The zero-order chi connectivity index (χ0) is 5.70. The molecular formula is C5H11OS. The van der Waals surface area contributed by atoms with Crippen molar-refractivity contribution in [3.05, 3.63) is 6.92 Å². The fourth-order valence-electron chi connectivity index (χ4n) is 0.305. The van der Waals surface area contributed by atoms with Crippen LogP contribution in [-0.2, 0) is 11.2 Å². The van der Waals surface area contributed by atoms with Gasteiger partial charge in [-0.2, -0.15) is 0 Å². The summed E-state index contributed by atoms with van der Waals surface area (Å²) in [5.74, 6) is 1.53. The molecule has 1 radical (unpaired) electrons. The molecule has 0 aromatic rings. The maximum absolute atomic E-state index is 10.5. The van der Waals surface area contributed by atoms with Crippen LogP contribution < -0.4 is 0 Å². The number of hydrogen-bond acceptors (Lipinski definition) is 1. The summed E-state index contributed by atoms with van der Waals surface area (Å²) in [5.41, 5.74) is 0. The van der Waals surface area contributed by atoms with Crippen LogP contribution in [0.5, 0.6) is 0 Å². The molecule has 0 saturated carbocycles. The van der Waals surface area contributed by atoms with Gasteiger partial charge in [0.25, 0.3) is 0 Å². The van der Waals surface area contributed by atoms with E-state index in [0.29, 0.717) is 0 Å². The highest BCUT2D eigenvalue weighted by atomic mass is 32.2. The lowest BCUT2D eigenvalue weighted by Crippen LogP contribution is -2.06. The summed E-state index contributed by atoms with van der Waals surface area (Å²) < 4.78 is 10.5. The standard InChI is InChI=1S/C5H11OS/c1-3-5-7(6)4-2/h1,3-5H2,2H3. The second kappa shape index (κ2) is 4.47. The van der Waals surface area contributed by atoms with Crippen molar-refractivity contribution in [1.29, 1.82) is 0 Å². The second-order valence-electron chi connectivity index (χ2n) is 1.29. The van der Waals surface area contributed by atoms with Gasteiger partial charge in [0.15, 0.2) is 0 Å². The Kier molecular flexibility index (Phi) is 4.67. The van der Waals surface area contributed by atoms with Crippen LogP contribution in [0.4, 0.5) is 0 Å². The van der Waals surface area contributed by atoms with Crippen molar-refractivity contribution in [3.8, 4) is 0 Å². The fourth-order valence-corrected chi connectivity index (χ4v) is 0.916. The first-order chi connectivity index (χ1) is 3.31. The van der Waals surface area contributed by atoms with E-state index in [4.69, 9.17) is 0 Å². The zero-order valence-corrected chi connectivity index (χ0v) is 5.46. The van der Waals surface area contributed by atoms with E-state index >= 15 is 0 Å². The second-order valence-corrected chi connectivity index (χ2v) is 3.15. The summed E-state index contributed by atoms with van der Waals surface area (Å²) in [6.45, 7) is 5.50. The summed E-state index contributed by atoms with van der Waals surface area (Å²) in [7, 11) is 0. The SMILES string of the molecule is [CH2]CC[S+]([O-])CC. The van der Waals surface area contributed by atoms with E-state index in [2.05, 4.69) is 6.92 Å². The minimum Gasteiger partial charge on any atom is -0.616 e. The molecule has 0 aromatic heterocycles. The van der Waals surface area contributed by atoms with Gasteiger partial charge in [-0.25, -0.2) is 0 Å². The third kappa shape index (κ3) is 4.16. The van der Waals surface area contributed by atoms with E-state index in [-0.39, 0.29) is 0 Å². The molecule has 0 aliphatic rings. The Bertz CT molecular complexity index is 39.1. The molecule has 0 aliphatic carbocycles. The molecule has 0 aliphatic heterocycles. The van der Waals surface area contributed by atoms with E-state index in [9.17, 15) is 4.55 Å². The quantitative estimate of drug-likeness (QED) is 0.508. The van der Waals surface area contributed by atoms with Crippen LogP contribution in [0.3, 0.4) is 0 Å². The lowest BCUT2D eigenvalue weighted by Gasteiger charge is -2.04. The van der Waals surface area contributed by atoms with Crippen molar-refractivity contribution in [3.63, 3.8) is 0 Å². The van der Waals surface area contributed by atoms with Crippen LogP contribution >= 0.6 is 0 Å². The molecule has 1 nitrogen and oxygen atoms in total. The predicted octanol–water partition coefficient (Wildman–Crippen LogP) is 0.979. The minimum absolute atomic E-state index is 0.590. The highest BCUT2D eigenvalue weighted by Crippen LogP contribution is 1.90. The average Bonchev–Trinajstić information content (AvgIpc) is 1.68. The smallest absolute Gasteiger partial charge is 0.105 e. The topological polar surface area (TPSA) is 23.1 Å². The molecule has 0 amide bonds. The van der Waals surface area contributed by atoms with Crippen LogP contribution in [0.25, 0.3) is 0 Å². The third-order valence-electron chi connectivity index (χ3n) is 0.694. The molecule has 7 heavy (non-hydrogen) atoms. The highest BCUT2D eigenvalue weighted by molar-refractivity contribution is 7.91. The van der Waals surface area contributed by atoms with Crippen LogP contribution in [0, 0.1) is 6.92 Å². The predicted molar refractivity (Wildman–Crippen MR) is 33.5 cm³/mol. The summed E-state index contributed by atoms with van der Waals surface area (Å²) in [6.07, 6.45) is 0.792. The van der Waals surface area contributed by atoms with Crippen molar-refractivity contribution >= 4 is 11.2 Å². The van der Waals surface area contributed by atoms with Crippen LogP contribution in [0.1, 0.15) is 13.3 Å². The van der Waals surface area contributed by atoms with Gasteiger partial charge in [0.1, 0.15) is 11.5 Å². The molecule has 0 N–H and O–H groups in total. The summed E-state index contributed by atoms with van der Waals surface area (Å²) in [5, 5.41) is 0. The first-order valence-electron chi connectivity index (χ1n) is 2.45. The Morgan fingerprint density at radius 2 is 2.29 bits per heavy atom. The molecule has 0 aromatic carbocycles. The van der Waals surface area contributed by atoms with Crippen LogP contribution in [0.2, 0.25) is 0 Å². The van der Waals surface area contributed by atoms with Gasteiger partial charge in [-0.1, -0.05) is 11.2 Å². The third-order valence-corrected chi connectivity index (χ3v) is 2.08. The molecule has 1 unspecified atom stereocenters. The van der Waals surface area contributed by atoms with Crippen molar-refractivity contribution < 1.29 is 4.55 Å². The van der Waals surface area contributed by atoms with E-state index in [0.717, 1.165) is 17.9 Å². The Balaban J connectivity index is 2.83. The first kappa shape index (κ1) is 7.31. The molecule has 0 bridgehead atoms. The van der Waals surface area contributed by atoms with Crippen molar-refractivity contribution in [2.24, 2.45) is 0 Å². The monoisotopic (exact) mass is 119 g/mol. The molecule has 0 heterocycles. The Morgan fingerprint density at radius 1 is 1.71 bits per heavy atom. The largest absolute Gasteiger partial charge is 0.616 e. The molecular weight excluding hydrogens is 108 g/mol. The molecule has 0 saturated heterocycles. The molecule has 0 spiro atoms. The lowest BCUT2D eigenvalue weighted by atomic mass is 10.6. The van der Waals surface area contributed by atoms with Crippen LogP contribution in [0.15, 0.2) is 0 Å². The number of hydrogen-bond donors (Lipinski definition) is 0. The first-order valence-corrected chi connectivity index (χ1v) is 3.94. The maximum Gasteiger partial charge on any atom is 0.105 e. The Morgan fingerprint density at radius 3 is 2.43 bits per heavy atom. The summed E-state index contributed by atoms with van der Waals surface area (Å²) in [6, 6.07) is 0. The number of rotatable bonds is 3.